The zero-order valence-corrected chi connectivity index (χ0v) is 15.8. The Kier molecular flexibility index (Phi) is 6.24. The first kappa shape index (κ1) is 17.4. The van der Waals surface area contributed by atoms with E-state index in [2.05, 4.69) is 27.8 Å². The number of ether oxygens (including phenoxy) is 1. The third kappa shape index (κ3) is 5.03. The minimum Gasteiger partial charge on any atom is -0.497 e. The molecular formula is C18H19ClN2OS2. The van der Waals surface area contributed by atoms with Gasteiger partial charge in [-0.2, -0.15) is 0 Å². The minimum absolute atomic E-state index is 0.469. The van der Waals surface area contributed by atoms with Crippen LogP contribution in [0, 0.1) is 0 Å². The Morgan fingerprint density at radius 3 is 2.71 bits per heavy atom. The molecule has 3 aromatic rings. The van der Waals surface area contributed by atoms with Crippen LogP contribution in [0.1, 0.15) is 12.0 Å². The van der Waals surface area contributed by atoms with Crippen molar-refractivity contribution in [2.24, 2.45) is 0 Å². The predicted octanol–water partition coefficient (Wildman–Crippen LogP) is 5.40. The number of methoxy groups -OCH3 is 1. The molecule has 0 aliphatic rings. The summed E-state index contributed by atoms with van der Waals surface area (Å²) in [4.78, 5) is 4.15. The predicted molar refractivity (Wildman–Crippen MR) is 103 cm³/mol. The second kappa shape index (κ2) is 8.60. The third-order valence-corrected chi connectivity index (χ3v) is 6.37. The van der Waals surface area contributed by atoms with Gasteiger partial charge in [0.25, 0.3) is 0 Å². The Morgan fingerprint density at radius 1 is 1.25 bits per heavy atom. The number of nitrogens with zero attached hydrogens (tertiary/aromatic N) is 2. The van der Waals surface area contributed by atoms with Crippen LogP contribution < -0.4 is 4.74 Å². The minimum atomic E-state index is 0.469. The van der Waals surface area contributed by atoms with E-state index in [-0.39, 0.29) is 0 Å². The quantitative estimate of drug-likeness (QED) is 0.491. The molecule has 0 saturated heterocycles. The van der Waals surface area contributed by atoms with Crippen molar-refractivity contribution in [3.05, 3.63) is 65.0 Å². The Balaban J connectivity index is 1.64. The smallest absolute Gasteiger partial charge is 0.118 e. The molecule has 3 rings (SSSR count). The average Bonchev–Trinajstić information content (AvgIpc) is 3.25. The van der Waals surface area contributed by atoms with Gasteiger partial charge in [-0.25, -0.2) is 4.98 Å². The maximum absolute atomic E-state index is 6.07. The van der Waals surface area contributed by atoms with Gasteiger partial charge in [0.05, 0.1) is 22.0 Å². The number of aromatic nitrogens is 2. The van der Waals surface area contributed by atoms with Gasteiger partial charge in [0.2, 0.25) is 0 Å². The zero-order valence-electron chi connectivity index (χ0n) is 13.4. The lowest BCUT2D eigenvalue weighted by atomic mass is 10.1. The Labute approximate surface area is 155 Å². The van der Waals surface area contributed by atoms with E-state index in [0.29, 0.717) is 5.25 Å². The van der Waals surface area contributed by atoms with Crippen LogP contribution in [-0.2, 0) is 13.0 Å². The van der Waals surface area contributed by atoms with E-state index in [1.807, 2.05) is 48.7 Å². The van der Waals surface area contributed by atoms with Gasteiger partial charge in [-0.05, 0) is 42.7 Å². The second-order valence-corrected chi connectivity index (χ2v) is 8.76. The van der Waals surface area contributed by atoms with Crippen molar-refractivity contribution >= 4 is 34.7 Å². The van der Waals surface area contributed by atoms with E-state index >= 15 is 0 Å². The summed E-state index contributed by atoms with van der Waals surface area (Å²) >= 11 is 9.60. The molecular weight excluding hydrogens is 360 g/mol. The molecule has 0 aliphatic carbocycles. The standard InChI is InChI=1S/C18H19ClN2OS2/c1-22-15-5-2-14(3-6-15)4-7-16(12-21-11-10-20-13-21)23-18-9-8-17(19)24-18/h2-3,5-6,8-11,13,16H,4,7,12H2,1H3. The Bertz CT molecular complexity index is 741. The number of rotatable bonds is 8. The number of hydrogen-bond donors (Lipinski definition) is 0. The van der Waals surface area contributed by atoms with Gasteiger partial charge in [0, 0.05) is 24.2 Å². The Hall–Kier alpha value is -1.43. The topological polar surface area (TPSA) is 27.1 Å². The van der Waals surface area contributed by atoms with Crippen molar-refractivity contribution in [3.63, 3.8) is 0 Å². The zero-order chi connectivity index (χ0) is 16.8. The van der Waals surface area contributed by atoms with E-state index in [0.717, 1.165) is 29.5 Å². The molecule has 2 aromatic heterocycles. The molecule has 0 aliphatic heterocycles. The van der Waals surface area contributed by atoms with E-state index in [1.165, 1.54) is 9.77 Å². The SMILES string of the molecule is COc1ccc(CCC(Cn2ccnc2)Sc2ccc(Cl)s2)cc1. The second-order valence-electron chi connectivity index (χ2n) is 5.44. The first-order valence-electron chi connectivity index (χ1n) is 7.73. The molecule has 0 saturated carbocycles. The van der Waals surface area contributed by atoms with Gasteiger partial charge < -0.3 is 9.30 Å². The number of benzene rings is 1. The van der Waals surface area contributed by atoms with Gasteiger partial charge in [-0.3, -0.25) is 0 Å². The molecule has 3 nitrogen and oxygen atoms in total. The largest absolute Gasteiger partial charge is 0.497 e. The van der Waals surface area contributed by atoms with E-state index in [9.17, 15) is 0 Å². The van der Waals surface area contributed by atoms with Crippen LogP contribution in [0.4, 0.5) is 0 Å². The molecule has 0 N–H and O–H groups in total. The van der Waals surface area contributed by atoms with Crippen LogP contribution in [0.5, 0.6) is 5.75 Å². The number of thioether (sulfide) groups is 1. The summed E-state index contributed by atoms with van der Waals surface area (Å²) in [7, 11) is 1.69. The molecule has 0 amide bonds. The van der Waals surface area contributed by atoms with E-state index in [1.54, 1.807) is 18.4 Å². The molecule has 0 bridgehead atoms. The molecule has 0 fully saturated rings. The van der Waals surface area contributed by atoms with Crippen molar-refractivity contribution in [2.45, 2.75) is 28.8 Å². The highest BCUT2D eigenvalue weighted by molar-refractivity contribution is 8.01. The number of aryl methyl sites for hydroxylation is 1. The van der Waals surface area contributed by atoms with Crippen LogP contribution in [0.2, 0.25) is 4.34 Å². The first-order chi connectivity index (χ1) is 11.7. The monoisotopic (exact) mass is 378 g/mol. The molecule has 1 atom stereocenters. The number of halogens is 1. The fourth-order valence-electron chi connectivity index (χ4n) is 2.46. The van der Waals surface area contributed by atoms with Crippen LogP contribution in [-0.4, -0.2) is 21.9 Å². The number of thiophene rings is 1. The molecule has 6 heteroatoms. The molecule has 1 aromatic carbocycles. The highest BCUT2D eigenvalue weighted by Crippen LogP contribution is 2.35. The summed E-state index contributed by atoms with van der Waals surface area (Å²) in [6.07, 6.45) is 7.85. The third-order valence-electron chi connectivity index (χ3n) is 3.72. The van der Waals surface area contributed by atoms with Gasteiger partial charge >= 0.3 is 0 Å². The lowest BCUT2D eigenvalue weighted by Gasteiger charge is -2.16. The highest BCUT2D eigenvalue weighted by Gasteiger charge is 2.13. The summed E-state index contributed by atoms with van der Waals surface area (Å²) in [5.74, 6) is 0.899. The summed E-state index contributed by atoms with van der Waals surface area (Å²) in [6.45, 7) is 0.941. The van der Waals surface area contributed by atoms with Crippen LogP contribution in [0.15, 0.2) is 59.3 Å². The Morgan fingerprint density at radius 2 is 2.08 bits per heavy atom. The number of hydrogen-bond acceptors (Lipinski definition) is 4. The van der Waals surface area contributed by atoms with Crippen molar-refractivity contribution in [3.8, 4) is 5.75 Å². The van der Waals surface area contributed by atoms with Crippen LogP contribution in [0.3, 0.4) is 0 Å². The number of imidazole rings is 1. The fraction of sp³-hybridized carbons (Fsp3) is 0.278. The van der Waals surface area contributed by atoms with E-state index in [4.69, 9.17) is 16.3 Å². The molecule has 0 spiro atoms. The fourth-order valence-corrected chi connectivity index (χ4v) is 5.20. The lowest BCUT2D eigenvalue weighted by Crippen LogP contribution is -2.13. The molecule has 0 radical (unpaired) electrons. The first-order valence-corrected chi connectivity index (χ1v) is 9.81. The maximum atomic E-state index is 6.07. The average molecular weight is 379 g/mol. The van der Waals surface area contributed by atoms with E-state index < -0.39 is 0 Å². The van der Waals surface area contributed by atoms with Crippen molar-refractivity contribution < 1.29 is 4.74 Å². The summed E-state index contributed by atoms with van der Waals surface area (Å²) in [6, 6.07) is 12.4. The normalized spacial score (nSPS) is 12.2. The van der Waals surface area contributed by atoms with Gasteiger partial charge in [0.1, 0.15) is 5.75 Å². The van der Waals surface area contributed by atoms with Crippen molar-refractivity contribution in [1.82, 2.24) is 9.55 Å². The molecule has 1 unspecified atom stereocenters. The molecule has 24 heavy (non-hydrogen) atoms. The summed E-state index contributed by atoms with van der Waals surface area (Å²) in [5, 5.41) is 0.469. The van der Waals surface area contributed by atoms with Crippen LogP contribution >= 0.6 is 34.7 Å². The summed E-state index contributed by atoms with van der Waals surface area (Å²) in [5.41, 5.74) is 1.33. The lowest BCUT2D eigenvalue weighted by molar-refractivity contribution is 0.414. The van der Waals surface area contributed by atoms with Crippen molar-refractivity contribution in [1.29, 1.82) is 0 Å². The van der Waals surface area contributed by atoms with Gasteiger partial charge in [-0.15, -0.1) is 23.1 Å². The van der Waals surface area contributed by atoms with Crippen molar-refractivity contribution in [2.75, 3.05) is 7.11 Å². The molecule has 126 valence electrons. The highest BCUT2D eigenvalue weighted by atomic mass is 35.5. The van der Waals surface area contributed by atoms with Gasteiger partial charge in [0.15, 0.2) is 0 Å². The summed E-state index contributed by atoms with van der Waals surface area (Å²) < 4.78 is 9.47. The van der Waals surface area contributed by atoms with Gasteiger partial charge in [-0.1, -0.05) is 23.7 Å². The molecule has 2 heterocycles. The maximum Gasteiger partial charge on any atom is 0.118 e. The van der Waals surface area contributed by atoms with Crippen LogP contribution in [0.25, 0.3) is 0 Å².